The van der Waals surface area contributed by atoms with E-state index in [-0.39, 0.29) is 38.5 Å². The molecule has 1 aliphatic rings. The second kappa shape index (κ2) is 22.9. The highest BCUT2D eigenvalue weighted by Gasteiger charge is 2.48. The molecule has 18 nitrogen and oxygen atoms in total. The molecule has 18 heteroatoms. The highest BCUT2D eigenvalue weighted by atomic mass is 16.7. The van der Waals surface area contributed by atoms with Crippen LogP contribution < -0.4 is 27.0 Å². The van der Waals surface area contributed by atoms with Crippen molar-refractivity contribution in [2.45, 2.75) is 102 Å². The third kappa shape index (κ3) is 13.2. The number of ether oxygens (including phenoxy) is 4. The van der Waals surface area contributed by atoms with Gasteiger partial charge in [-0.3, -0.25) is 28.8 Å². The van der Waals surface area contributed by atoms with E-state index in [0.29, 0.717) is 17.5 Å². The van der Waals surface area contributed by atoms with Gasteiger partial charge >= 0.3 is 5.97 Å². The van der Waals surface area contributed by atoms with Gasteiger partial charge in [-0.25, -0.2) is 4.98 Å². The molecule has 0 radical (unpaired) electrons. The van der Waals surface area contributed by atoms with Crippen molar-refractivity contribution in [2.75, 3.05) is 19.8 Å². The minimum absolute atomic E-state index is 0.0225. The minimum atomic E-state index is -1.51. The molecule has 1 fully saturated rings. The molecular weight excluding hydrogens is 817 g/mol. The van der Waals surface area contributed by atoms with E-state index in [1.54, 1.807) is 26.0 Å². The van der Waals surface area contributed by atoms with Gasteiger partial charge in [0.1, 0.15) is 42.5 Å². The predicted molar refractivity (Wildman–Crippen MR) is 229 cm³/mol. The quantitative estimate of drug-likeness (QED) is 0.0356. The molecule has 5 rings (SSSR count). The first-order valence-corrected chi connectivity index (χ1v) is 20.8. The number of nitrogens with one attached hydrogen (secondary N) is 4. The lowest BCUT2D eigenvalue weighted by Crippen LogP contribution is -2.66. The van der Waals surface area contributed by atoms with Crippen LogP contribution in [0.2, 0.25) is 0 Å². The summed E-state index contributed by atoms with van der Waals surface area (Å²) in [5, 5.41) is 33.5. The number of carbonyl (C=O) groups is 6. The summed E-state index contributed by atoms with van der Waals surface area (Å²) in [5.74, 6) is -4.44. The van der Waals surface area contributed by atoms with Crippen molar-refractivity contribution >= 4 is 57.3 Å². The van der Waals surface area contributed by atoms with E-state index in [2.05, 4.69) is 26.3 Å². The van der Waals surface area contributed by atoms with Gasteiger partial charge in [-0.15, -0.1) is 0 Å². The van der Waals surface area contributed by atoms with Crippen LogP contribution in [0.15, 0.2) is 78.9 Å². The molecule has 1 aromatic heterocycles. The zero-order valence-corrected chi connectivity index (χ0v) is 35.7. The average molecular weight is 873 g/mol. The Hall–Kier alpha value is -6.05. The predicted octanol–water partition coefficient (Wildman–Crippen LogP) is 1.52. The second-order valence-corrected chi connectivity index (χ2v) is 15.6. The van der Waals surface area contributed by atoms with E-state index in [1.807, 2.05) is 66.7 Å². The number of hydrogen-bond acceptors (Lipinski definition) is 13. The molecular formula is C45H56N6O12. The summed E-state index contributed by atoms with van der Waals surface area (Å²) in [6.07, 6.45) is -6.68. The number of aliphatic hydroxyl groups is 2. The van der Waals surface area contributed by atoms with E-state index in [4.69, 9.17) is 24.7 Å². The van der Waals surface area contributed by atoms with Gasteiger partial charge in [-0.2, -0.15) is 0 Å². The van der Waals surface area contributed by atoms with E-state index in [1.165, 1.54) is 13.8 Å². The number of aliphatic hydroxyl groups excluding tert-OH is 2. The topological polar surface area (TPSA) is 267 Å². The van der Waals surface area contributed by atoms with Gasteiger partial charge < -0.3 is 56.2 Å². The molecule has 0 saturated carbocycles. The molecule has 5 amide bonds. The summed E-state index contributed by atoms with van der Waals surface area (Å²) < 4.78 is 23.1. The Balaban J connectivity index is 1.10. The first-order chi connectivity index (χ1) is 30.2. The zero-order chi connectivity index (χ0) is 45.6. The number of para-hydroxylation sites is 2. The maximum Gasteiger partial charge on any atom is 0.305 e. The number of pyridine rings is 1. The van der Waals surface area contributed by atoms with Gasteiger partial charge in [0.2, 0.25) is 23.6 Å². The zero-order valence-electron chi connectivity index (χ0n) is 35.7. The van der Waals surface area contributed by atoms with Crippen LogP contribution in [0.3, 0.4) is 0 Å². The Morgan fingerprint density at radius 3 is 2.32 bits per heavy atom. The molecule has 3 aromatic carbocycles. The lowest BCUT2D eigenvalue weighted by molar-refractivity contribution is -0.283. The third-order valence-corrected chi connectivity index (χ3v) is 10.4. The van der Waals surface area contributed by atoms with Crippen molar-refractivity contribution in [1.82, 2.24) is 26.3 Å². The van der Waals surface area contributed by atoms with E-state index >= 15 is 0 Å². The normalized spacial score (nSPS) is 20.0. The fourth-order valence-corrected chi connectivity index (χ4v) is 7.04. The maximum absolute atomic E-state index is 13.5. The van der Waals surface area contributed by atoms with Crippen LogP contribution in [0.4, 0.5) is 0 Å². The smallest absolute Gasteiger partial charge is 0.305 e. The van der Waals surface area contributed by atoms with Crippen LogP contribution in [0.25, 0.3) is 21.8 Å². The Morgan fingerprint density at radius 2 is 1.62 bits per heavy atom. The number of amides is 5. The molecule has 0 spiro atoms. The fourth-order valence-electron chi connectivity index (χ4n) is 7.04. The Labute approximate surface area is 364 Å². The van der Waals surface area contributed by atoms with Gasteiger partial charge in [-0.05, 0) is 49.4 Å². The van der Waals surface area contributed by atoms with E-state index in [9.17, 15) is 39.0 Å². The number of benzene rings is 3. The number of rotatable bonds is 21. The first-order valence-electron chi connectivity index (χ1n) is 20.8. The molecule has 0 bridgehead atoms. The maximum atomic E-state index is 13.5. The van der Waals surface area contributed by atoms with Gasteiger partial charge in [-0.1, -0.05) is 74.5 Å². The number of aromatic nitrogens is 1. The third-order valence-electron chi connectivity index (χ3n) is 10.4. The van der Waals surface area contributed by atoms with Gasteiger partial charge in [0.05, 0.1) is 36.4 Å². The largest absolute Gasteiger partial charge is 0.466 e. The molecule has 8 atom stereocenters. The highest BCUT2D eigenvalue weighted by molar-refractivity contribution is 6.07. The van der Waals surface area contributed by atoms with Crippen LogP contribution in [-0.2, 0) is 49.5 Å². The number of nitrogens with two attached hydrogens (primary N) is 1. The monoisotopic (exact) mass is 872 g/mol. The van der Waals surface area contributed by atoms with Crippen LogP contribution in [-0.4, -0.2) is 119 Å². The molecule has 1 unspecified atom stereocenters. The standard InChI is InChI=1S/C45H56N6O12/c1-25(2)36(51-42(57)26(3)62-40-38(48-27(4)53)45(63-34(23-52)39(40)55)61-24-28-12-6-5-7-13-28)44(59)50-33(41(46)56)18-19-35(54)60-21-11-20-47-43(58)31-16-10-15-30-22-29-14-8-9-17-32(29)49-37(30)31/h5-10,12-17,22,25-26,33-34,36,38-40,45,52,55H,11,18-21,23-24H2,1-4H3,(H2,46,56)(H,47,58)(H,48,53)(H,50,59)(H,51,57)/t26?,33-,34-,36+,38-,39-,40-,45+/m1/s1. The number of esters is 1. The van der Waals surface area contributed by atoms with Crippen molar-refractivity contribution in [3.05, 3.63) is 90.0 Å². The van der Waals surface area contributed by atoms with Crippen molar-refractivity contribution in [3.63, 3.8) is 0 Å². The van der Waals surface area contributed by atoms with Crippen LogP contribution in [0.5, 0.6) is 0 Å². The molecule has 1 aliphatic heterocycles. The summed E-state index contributed by atoms with van der Waals surface area (Å²) in [4.78, 5) is 81.9. The number of fused-ring (bicyclic) bond motifs is 2. The molecule has 63 heavy (non-hydrogen) atoms. The van der Waals surface area contributed by atoms with Gasteiger partial charge in [0.25, 0.3) is 5.91 Å². The van der Waals surface area contributed by atoms with Crippen LogP contribution in [0.1, 0.15) is 62.9 Å². The average Bonchev–Trinajstić information content (AvgIpc) is 3.26. The summed E-state index contributed by atoms with van der Waals surface area (Å²) in [6.45, 7) is 5.56. The number of hydrogen-bond donors (Lipinski definition) is 7. The van der Waals surface area contributed by atoms with Gasteiger partial charge in [0, 0.05) is 30.7 Å². The van der Waals surface area contributed by atoms with Crippen molar-refractivity contribution < 1.29 is 57.9 Å². The lowest BCUT2D eigenvalue weighted by Gasteiger charge is -2.44. The minimum Gasteiger partial charge on any atom is -0.466 e. The van der Waals surface area contributed by atoms with E-state index in [0.717, 1.165) is 21.9 Å². The second-order valence-electron chi connectivity index (χ2n) is 15.6. The SMILES string of the molecule is CC(=O)N[C@H]1[C@@H](OCc2ccccc2)O[C@H](CO)[C@@H](O)[C@@H]1OC(C)C(=O)N[C@H](C(=O)N[C@H](CCC(=O)OCCCNC(=O)c1cccc2cc3ccccc3nc12)C(N)=O)C(C)C. The lowest BCUT2D eigenvalue weighted by atomic mass is 9.96. The molecule has 8 N–H and O–H groups in total. The van der Waals surface area contributed by atoms with Crippen molar-refractivity contribution in [2.24, 2.45) is 11.7 Å². The number of carbonyl (C=O) groups excluding carboxylic acids is 6. The number of nitrogens with zero attached hydrogens (tertiary/aromatic N) is 1. The summed E-state index contributed by atoms with van der Waals surface area (Å²) in [7, 11) is 0. The molecule has 0 aliphatic carbocycles. The number of primary amides is 1. The summed E-state index contributed by atoms with van der Waals surface area (Å²) >= 11 is 0. The Morgan fingerprint density at radius 1 is 0.905 bits per heavy atom. The van der Waals surface area contributed by atoms with E-state index < -0.39 is 91.0 Å². The van der Waals surface area contributed by atoms with Crippen LogP contribution in [0, 0.1) is 5.92 Å². The molecule has 2 heterocycles. The molecule has 1 saturated heterocycles. The van der Waals surface area contributed by atoms with Crippen LogP contribution >= 0.6 is 0 Å². The summed E-state index contributed by atoms with van der Waals surface area (Å²) in [5.41, 5.74) is 8.12. The van der Waals surface area contributed by atoms with Crippen molar-refractivity contribution in [1.29, 1.82) is 0 Å². The van der Waals surface area contributed by atoms with Gasteiger partial charge in [0.15, 0.2) is 6.29 Å². The summed E-state index contributed by atoms with van der Waals surface area (Å²) in [6, 6.07) is 20.5. The van der Waals surface area contributed by atoms with Crippen molar-refractivity contribution in [3.8, 4) is 0 Å². The highest BCUT2D eigenvalue weighted by Crippen LogP contribution is 2.27. The molecule has 4 aromatic rings. The first kappa shape index (κ1) is 48.0. The Bertz CT molecular complexity index is 2230. The fraction of sp³-hybridized carbons (Fsp3) is 0.444. The molecule has 338 valence electrons. The Kier molecular flexibility index (Phi) is 17.4.